The Morgan fingerprint density at radius 3 is 2.49 bits per heavy atom. The van der Waals surface area contributed by atoms with Crippen molar-refractivity contribution in [2.24, 2.45) is 0 Å². The van der Waals surface area contributed by atoms with Gasteiger partial charge in [0, 0.05) is 15.6 Å². The molecule has 35 heavy (non-hydrogen) atoms. The van der Waals surface area contributed by atoms with Gasteiger partial charge in [0.25, 0.3) is 11.8 Å². The van der Waals surface area contributed by atoms with Gasteiger partial charge in [0.1, 0.15) is 12.2 Å². The topological polar surface area (TPSA) is 67.9 Å². The number of hydrogen-bond acceptors (Lipinski definition) is 5. The molecule has 0 aliphatic carbocycles. The number of anilines is 1. The first-order valence-electron chi connectivity index (χ1n) is 10.2. The Morgan fingerprint density at radius 2 is 1.80 bits per heavy atom. The SMILES string of the molecule is COc1cc(/C=C2\C(=O)NC(=S)N(c3ccc(Cl)cc3)C2=O)cc(Br)c1OCc1ccccc1Cl. The standard InChI is InChI=1S/C25H17BrCl2N2O4S/c1-33-21-12-14(11-19(26)22(21)34-13-15-4-2-3-5-20(15)28)10-18-23(31)29-25(35)30(24(18)32)17-8-6-16(27)7-9-17/h2-12H,13H2,1H3,(H,29,31,35)/b18-10+. The Balaban J connectivity index is 1.64. The van der Waals surface area contributed by atoms with Crippen LogP contribution in [0.5, 0.6) is 11.5 Å². The molecule has 1 heterocycles. The van der Waals surface area contributed by atoms with Gasteiger partial charge in [0.15, 0.2) is 16.6 Å². The molecule has 1 N–H and O–H groups in total. The van der Waals surface area contributed by atoms with Gasteiger partial charge in [-0.05, 0) is 82.3 Å². The van der Waals surface area contributed by atoms with Crippen LogP contribution in [0.3, 0.4) is 0 Å². The van der Waals surface area contributed by atoms with E-state index in [1.165, 1.54) is 18.1 Å². The van der Waals surface area contributed by atoms with Crippen molar-refractivity contribution in [2.75, 3.05) is 12.0 Å². The molecule has 0 aromatic heterocycles. The van der Waals surface area contributed by atoms with E-state index in [0.29, 0.717) is 37.3 Å². The second kappa shape index (κ2) is 10.8. The van der Waals surface area contributed by atoms with E-state index in [9.17, 15) is 9.59 Å². The highest BCUT2D eigenvalue weighted by atomic mass is 79.9. The molecule has 4 rings (SSSR count). The average molecular weight is 592 g/mol. The monoisotopic (exact) mass is 590 g/mol. The lowest BCUT2D eigenvalue weighted by molar-refractivity contribution is -0.122. The molecule has 0 unspecified atom stereocenters. The zero-order valence-electron chi connectivity index (χ0n) is 18.2. The molecule has 6 nitrogen and oxygen atoms in total. The quantitative estimate of drug-likeness (QED) is 0.211. The molecule has 0 saturated carbocycles. The van der Waals surface area contributed by atoms with Crippen LogP contribution in [0.25, 0.3) is 6.08 Å². The lowest BCUT2D eigenvalue weighted by Gasteiger charge is -2.29. The minimum Gasteiger partial charge on any atom is -0.493 e. The van der Waals surface area contributed by atoms with Gasteiger partial charge in [-0.25, -0.2) is 0 Å². The molecule has 10 heteroatoms. The smallest absolute Gasteiger partial charge is 0.270 e. The van der Waals surface area contributed by atoms with Gasteiger partial charge in [-0.2, -0.15) is 0 Å². The second-order valence-corrected chi connectivity index (χ2v) is 9.43. The number of benzene rings is 3. The molecular formula is C25H17BrCl2N2O4S. The first-order chi connectivity index (χ1) is 16.8. The van der Waals surface area contributed by atoms with Crippen LogP contribution in [0.2, 0.25) is 10.0 Å². The fourth-order valence-corrected chi connectivity index (χ4v) is 4.55. The Morgan fingerprint density at radius 1 is 1.09 bits per heavy atom. The van der Waals surface area contributed by atoms with Crippen LogP contribution in [0, 0.1) is 0 Å². The van der Waals surface area contributed by atoms with Crippen molar-refractivity contribution in [2.45, 2.75) is 6.61 Å². The summed E-state index contributed by atoms with van der Waals surface area (Å²) < 4.78 is 12.0. The second-order valence-electron chi connectivity index (χ2n) is 7.35. The number of hydrogen-bond donors (Lipinski definition) is 1. The summed E-state index contributed by atoms with van der Waals surface area (Å²) in [5.41, 5.74) is 1.75. The molecule has 1 aliphatic heterocycles. The van der Waals surface area contributed by atoms with Crippen LogP contribution in [0.4, 0.5) is 5.69 Å². The number of halogens is 3. The summed E-state index contributed by atoms with van der Waals surface area (Å²) in [6.45, 7) is 0.226. The van der Waals surface area contributed by atoms with Crippen molar-refractivity contribution in [3.63, 3.8) is 0 Å². The van der Waals surface area contributed by atoms with E-state index in [2.05, 4.69) is 21.2 Å². The fraction of sp³-hybridized carbons (Fsp3) is 0.0800. The predicted octanol–water partition coefficient (Wildman–Crippen LogP) is 6.17. The molecule has 1 saturated heterocycles. The first kappa shape index (κ1) is 25.2. The number of rotatable bonds is 6. The highest BCUT2D eigenvalue weighted by Crippen LogP contribution is 2.38. The molecule has 178 valence electrons. The van der Waals surface area contributed by atoms with Gasteiger partial charge >= 0.3 is 0 Å². The molecule has 0 radical (unpaired) electrons. The number of nitrogens with one attached hydrogen (secondary N) is 1. The minimum atomic E-state index is -0.598. The lowest BCUT2D eigenvalue weighted by Crippen LogP contribution is -2.54. The summed E-state index contributed by atoms with van der Waals surface area (Å²) in [5.74, 6) is -0.292. The Kier molecular flexibility index (Phi) is 7.76. The van der Waals surface area contributed by atoms with Gasteiger partial charge in [0.05, 0.1) is 17.3 Å². The molecule has 1 aliphatic rings. The predicted molar refractivity (Wildman–Crippen MR) is 144 cm³/mol. The summed E-state index contributed by atoms with van der Waals surface area (Å²) in [4.78, 5) is 27.1. The van der Waals surface area contributed by atoms with Gasteiger partial charge in [-0.1, -0.05) is 41.4 Å². The summed E-state index contributed by atoms with van der Waals surface area (Å²) in [6, 6.07) is 17.3. The average Bonchev–Trinajstić information content (AvgIpc) is 2.83. The van der Waals surface area contributed by atoms with E-state index in [1.807, 2.05) is 18.2 Å². The van der Waals surface area contributed by atoms with E-state index < -0.39 is 11.8 Å². The molecule has 1 fully saturated rings. The number of methoxy groups -OCH3 is 1. The van der Waals surface area contributed by atoms with Crippen LogP contribution in [0.1, 0.15) is 11.1 Å². The van der Waals surface area contributed by atoms with Crippen molar-refractivity contribution in [3.8, 4) is 11.5 Å². The Hall–Kier alpha value is -2.91. The molecule has 0 bridgehead atoms. The lowest BCUT2D eigenvalue weighted by atomic mass is 10.1. The number of carbonyl (C=O) groups is 2. The largest absolute Gasteiger partial charge is 0.493 e. The number of amides is 2. The van der Waals surface area contributed by atoms with Crippen molar-refractivity contribution < 1.29 is 19.1 Å². The van der Waals surface area contributed by atoms with Crippen molar-refractivity contribution in [1.82, 2.24) is 5.32 Å². The van der Waals surface area contributed by atoms with Crippen molar-refractivity contribution in [3.05, 3.63) is 91.9 Å². The van der Waals surface area contributed by atoms with Crippen molar-refractivity contribution >= 4 is 80.0 Å². The molecule has 3 aromatic rings. The van der Waals surface area contributed by atoms with Crippen LogP contribution >= 0.6 is 51.3 Å². The number of nitrogens with zero attached hydrogens (tertiary/aromatic N) is 1. The van der Waals surface area contributed by atoms with E-state index in [1.54, 1.807) is 42.5 Å². The summed E-state index contributed by atoms with van der Waals surface area (Å²) >= 11 is 20.9. The van der Waals surface area contributed by atoms with Crippen LogP contribution in [0.15, 0.2) is 70.7 Å². The maximum Gasteiger partial charge on any atom is 0.270 e. The Bertz CT molecular complexity index is 1360. The third kappa shape index (κ3) is 5.51. The molecule has 0 spiro atoms. The molecule has 3 aromatic carbocycles. The molecule has 0 atom stereocenters. The van der Waals surface area contributed by atoms with Crippen molar-refractivity contribution in [1.29, 1.82) is 0 Å². The Labute approximate surface area is 225 Å². The maximum atomic E-state index is 13.2. The normalized spacial score (nSPS) is 14.8. The summed E-state index contributed by atoms with van der Waals surface area (Å²) in [6.07, 6.45) is 1.47. The first-order valence-corrected chi connectivity index (χ1v) is 12.1. The molecular weight excluding hydrogens is 575 g/mol. The van der Waals surface area contributed by atoms with E-state index >= 15 is 0 Å². The zero-order valence-corrected chi connectivity index (χ0v) is 22.1. The zero-order chi connectivity index (χ0) is 25.1. The maximum absolute atomic E-state index is 13.2. The highest BCUT2D eigenvalue weighted by molar-refractivity contribution is 9.10. The third-order valence-corrected chi connectivity index (χ3v) is 6.57. The number of ether oxygens (including phenoxy) is 2. The van der Waals surface area contributed by atoms with E-state index in [0.717, 1.165) is 5.56 Å². The van der Waals surface area contributed by atoms with Gasteiger partial charge in [-0.3, -0.25) is 19.8 Å². The van der Waals surface area contributed by atoms with Crippen LogP contribution in [-0.4, -0.2) is 24.0 Å². The highest BCUT2D eigenvalue weighted by Gasteiger charge is 2.34. The molecule has 2 amide bonds. The van der Waals surface area contributed by atoms with Gasteiger partial charge in [0.2, 0.25) is 0 Å². The third-order valence-electron chi connectivity index (χ3n) is 5.08. The van der Waals surface area contributed by atoms with E-state index in [-0.39, 0.29) is 17.3 Å². The number of thiocarbonyl (C=S) groups is 1. The van der Waals surface area contributed by atoms with Crippen LogP contribution in [-0.2, 0) is 16.2 Å². The number of carbonyl (C=O) groups excluding carboxylic acids is 2. The van der Waals surface area contributed by atoms with Gasteiger partial charge < -0.3 is 9.47 Å². The fourth-order valence-electron chi connectivity index (χ4n) is 3.38. The summed E-state index contributed by atoms with van der Waals surface area (Å²) in [5, 5.41) is 3.65. The van der Waals surface area contributed by atoms with Gasteiger partial charge in [-0.15, -0.1) is 0 Å². The minimum absolute atomic E-state index is 0.0124. The van der Waals surface area contributed by atoms with E-state index in [4.69, 9.17) is 44.9 Å². The van der Waals surface area contributed by atoms with Crippen LogP contribution < -0.4 is 19.7 Å². The summed E-state index contributed by atoms with van der Waals surface area (Å²) in [7, 11) is 1.50.